The topological polar surface area (TPSA) is 66.3 Å². The highest BCUT2D eigenvalue weighted by atomic mass is 32.2. The first-order valence-corrected chi connectivity index (χ1v) is 9.17. The lowest BCUT2D eigenvalue weighted by Crippen LogP contribution is -2.39. The minimum absolute atomic E-state index is 0.137. The van der Waals surface area contributed by atoms with Gasteiger partial charge < -0.3 is 9.42 Å². The third-order valence-corrected chi connectivity index (χ3v) is 5.86. The number of nitrogens with one attached hydrogen (secondary N) is 1. The third kappa shape index (κ3) is 4.32. The van der Waals surface area contributed by atoms with Crippen LogP contribution in [0.3, 0.4) is 0 Å². The molecule has 0 spiro atoms. The van der Waals surface area contributed by atoms with Crippen molar-refractivity contribution in [3.63, 3.8) is 0 Å². The zero-order valence-electron chi connectivity index (χ0n) is 13.8. The Morgan fingerprint density at radius 2 is 2.08 bits per heavy atom. The van der Waals surface area contributed by atoms with Gasteiger partial charge in [0.2, 0.25) is 5.91 Å². The predicted molar refractivity (Wildman–Crippen MR) is 94.3 cm³/mol. The first kappa shape index (κ1) is 16.9. The third-order valence-electron chi connectivity index (χ3n) is 4.34. The Labute approximate surface area is 145 Å². The van der Waals surface area contributed by atoms with Crippen molar-refractivity contribution >= 4 is 17.7 Å². The standard InChI is InChI=1S/C18H22N2O3S/c1-13-4-2-3-5-16(13)24-15-8-10-20(11-9-15)18(22)7-6-14-12-17(21)19-23-14/h2-5,12,15H,6-11H2,1H3,(H,19,21). The molecule has 1 aromatic carbocycles. The van der Waals surface area contributed by atoms with Crippen LogP contribution >= 0.6 is 11.8 Å². The van der Waals surface area contributed by atoms with Crippen LogP contribution in [0.5, 0.6) is 0 Å². The Morgan fingerprint density at radius 1 is 1.33 bits per heavy atom. The molecule has 0 radical (unpaired) electrons. The van der Waals surface area contributed by atoms with E-state index in [4.69, 9.17) is 4.52 Å². The predicted octanol–water partition coefficient (Wildman–Crippen LogP) is 2.99. The molecule has 0 aliphatic carbocycles. The maximum Gasteiger partial charge on any atom is 0.280 e. The van der Waals surface area contributed by atoms with Crippen LogP contribution in [0.2, 0.25) is 0 Å². The zero-order chi connectivity index (χ0) is 16.9. The first-order chi connectivity index (χ1) is 11.6. The van der Waals surface area contributed by atoms with Gasteiger partial charge in [-0.1, -0.05) is 18.2 Å². The van der Waals surface area contributed by atoms with Gasteiger partial charge in [0.15, 0.2) is 0 Å². The molecule has 2 aromatic rings. The second kappa shape index (κ2) is 7.75. The van der Waals surface area contributed by atoms with Crippen molar-refractivity contribution < 1.29 is 9.32 Å². The molecule has 1 N–H and O–H groups in total. The SMILES string of the molecule is Cc1ccccc1SC1CCN(C(=O)CCc2cc(=O)[nH]o2)CC1. The molecule has 3 rings (SSSR count). The lowest BCUT2D eigenvalue weighted by Gasteiger charge is -2.32. The average Bonchev–Trinajstić information content (AvgIpc) is 3.01. The van der Waals surface area contributed by atoms with E-state index in [1.807, 2.05) is 16.7 Å². The van der Waals surface area contributed by atoms with Gasteiger partial charge in [0.05, 0.1) is 0 Å². The molecule has 5 nitrogen and oxygen atoms in total. The number of likely N-dealkylation sites (tertiary alicyclic amines) is 1. The largest absolute Gasteiger partial charge is 0.384 e. The molecule has 0 bridgehead atoms. The second-order valence-electron chi connectivity index (χ2n) is 6.14. The zero-order valence-corrected chi connectivity index (χ0v) is 14.6. The smallest absolute Gasteiger partial charge is 0.280 e. The number of benzene rings is 1. The van der Waals surface area contributed by atoms with Gasteiger partial charge in [-0.05, 0) is 31.4 Å². The molecule has 0 atom stereocenters. The van der Waals surface area contributed by atoms with E-state index in [0.29, 0.717) is 23.9 Å². The van der Waals surface area contributed by atoms with Crippen LogP contribution in [-0.2, 0) is 11.2 Å². The van der Waals surface area contributed by atoms with Crippen molar-refractivity contribution in [2.24, 2.45) is 0 Å². The molecule has 24 heavy (non-hydrogen) atoms. The van der Waals surface area contributed by atoms with E-state index >= 15 is 0 Å². The molecule has 1 aliphatic heterocycles. The summed E-state index contributed by atoms with van der Waals surface area (Å²) in [6.07, 6.45) is 2.89. The van der Waals surface area contributed by atoms with E-state index in [1.165, 1.54) is 16.5 Å². The summed E-state index contributed by atoms with van der Waals surface area (Å²) in [6.45, 7) is 3.75. The van der Waals surface area contributed by atoms with Crippen LogP contribution in [0.15, 0.2) is 44.5 Å². The number of rotatable bonds is 5. The first-order valence-electron chi connectivity index (χ1n) is 8.29. The molecule has 1 saturated heterocycles. The molecule has 0 saturated carbocycles. The van der Waals surface area contributed by atoms with Gasteiger partial charge in [-0.25, -0.2) is 0 Å². The van der Waals surface area contributed by atoms with E-state index in [-0.39, 0.29) is 11.5 Å². The van der Waals surface area contributed by atoms with Gasteiger partial charge in [-0.2, -0.15) is 5.16 Å². The van der Waals surface area contributed by atoms with Gasteiger partial charge >= 0.3 is 0 Å². The highest BCUT2D eigenvalue weighted by molar-refractivity contribution is 8.00. The fourth-order valence-corrected chi connectivity index (χ4v) is 4.14. The lowest BCUT2D eigenvalue weighted by atomic mass is 10.1. The Hall–Kier alpha value is -1.95. The van der Waals surface area contributed by atoms with Crippen molar-refractivity contribution in [1.82, 2.24) is 10.1 Å². The average molecular weight is 346 g/mol. The van der Waals surface area contributed by atoms with Crippen molar-refractivity contribution in [3.05, 3.63) is 52.0 Å². The fraction of sp³-hybridized carbons (Fsp3) is 0.444. The molecule has 1 fully saturated rings. The number of aryl methyl sites for hydroxylation is 2. The number of aromatic amines is 1. The van der Waals surface area contributed by atoms with Crippen LogP contribution in [0, 0.1) is 6.92 Å². The Balaban J connectivity index is 1.45. The summed E-state index contributed by atoms with van der Waals surface area (Å²) in [4.78, 5) is 26.6. The number of carbonyl (C=O) groups excluding carboxylic acids is 1. The van der Waals surface area contributed by atoms with E-state index in [9.17, 15) is 9.59 Å². The normalized spacial score (nSPS) is 15.6. The van der Waals surface area contributed by atoms with Gasteiger partial charge in [0, 0.05) is 42.1 Å². The van der Waals surface area contributed by atoms with Crippen molar-refractivity contribution in [1.29, 1.82) is 0 Å². The molecule has 1 amide bonds. The molecule has 6 heteroatoms. The number of hydrogen-bond donors (Lipinski definition) is 1. The highest BCUT2D eigenvalue weighted by Crippen LogP contribution is 2.32. The quantitative estimate of drug-likeness (QED) is 0.904. The van der Waals surface area contributed by atoms with Gasteiger partial charge in [0.25, 0.3) is 5.56 Å². The molecule has 0 unspecified atom stereocenters. The van der Waals surface area contributed by atoms with Crippen LogP contribution in [-0.4, -0.2) is 34.3 Å². The summed E-state index contributed by atoms with van der Waals surface area (Å²) in [5.74, 6) is 0.677. The lowest BCUT2D eigenvalue weighted by molar-refractivity contribution is -0.132. The number of aromatic nitrogens is 1. The maximum absolute atomic E-state index is 12.3. The summed E-state index contributed by atoms with van der Waals surface area (Å²) in [5, 5.41) is 2.81. The summed E-state index contributed by atoms with van der Waals surface area (Å²) in [7, 11) is 0. The fourth-order valence-electron chi connectivity index (χ4n) is 2.92. The van der Waals surface area contributed by atoms with Crippen molar-refractivity contribution in [2.45, 2.75) is 42.8 Å². The molecular weight excluding hydrogens is 324 g/mol. The number of H-pyrrole nitrogens is 1. The summed E-state index contributed by atoms with van der Waals surface area (Å²) < 4.78 is 4.99. The number of amides is 1. The van der Waals surface area contributed by atoms with E-state index in [0.717, 1.165) is 25.9 Å². The number of carbonyl (C=O) groups is 1. The number of nitrogens with zero attached hydrogens (tertiary/aromatic N) is 1. The van der Waals surface area contributed by atoms with Crippen LogP contribution in [0.4, 0.5) is 0 Å². The monoisotopic (exact) mass is 346 g/mol. The van der Waals surface area contributed by atoms with Crippen molar-refractivity contribution in [3.8, 4) is 0 Å². The summed E-state index contributed by atoms with van der Waals surface area (Å²) >= 11 is 1.93. The summed E-state index contributed by atoms with van der Waals surface area (Å²) in [5.41, 5.74) is 1.06. The van der Waals surface area contributed by atoms with E-state index in [1.54, 1.807) is 0 Å². The minimum atomic E-state index is -0.258. The van der Waals surface area contributed by atoms with Crippen LogP contribution in [0.25, 0.3) is 0 Å². The molecule has 128 valence electrons. The van der Waals surface area contributed by atoms with Gasteiger partial charge in [-0.15, -0.1) is 11.8 Å². The van der Waals surface area contributed by atoms with Gasteiger partial charge in [-0.3, -0.25) is 9.59 Å². The minimum Gasteiger partial charge on any atom is -0.384 e. The Kier molecular flexibility index (Phi) is 5.45. The van der Waals surface area contributed by atoms with Crippen LogP contribution in [0.1, 0.15) is 30.6 Å². The highest BCUT2D eigenvalue weighted by Gasteiger charge is 2.23. The second-order valence-corrected chi connectivity index (χ2v) is 7.48. The summed E-state index contributed by atoms with van der Waals surface area (Å²) in [6, 6.07) is 9.85. The maximum atomic E-state index is 12.3. The number of thioether (sulfide) groups is 1. The van der Waals surface area contributed by atoms with E-state index in [2.05, 4.69) is 36.3 Å². The molecule has 1 aliphatic rings. The van der Waals surface area contributed by atoms with Crippen molar-refractivity contribution in [2.75, 3.05) is 13.1 Å². The Bertz CT molecular complexity index is 744. The van der Waals surface area contributed by atoms with E-state index < -0.39 is 0 Å². The number of piperidine rings is 1. The Morgan fingerprint density at radius 3 is 2.75 bits per heavy atom. The number of hydrogen-bond acceptors (Lipinski definition) is 4. The molecule has 2 heterocycles. The molecular formula is C18H22N2O3S. The van der Waals surface area contributed by atoms with Crippen LogP contribution < -0.4 is 5.56 Å². The van der Waals surface area contributed by atoms with Gasteiger partial charge in [0.1, 0.15) is 5.76 Å². The molecule has 1 aromatic heterocycles.